The Morgan fingerprint density at radius 1 is 1.48 bits per heavy atom. The summed E-state index contributed by atoms with van der Waals surface area (Å²) in [5.41, 5.74) is 0.870. The number of nitrogens with zero attached hydrogens (tertiary/aromatic N) is 3. The van der Waals surface area contributed by atoms with Gasteiger partial charge in [-0.2, -0.15) is 5.10 Å². The van der Waals surface area contributed by atoms with E-state index in [1.807, 2.05) is 10.7 Å². The highest BCUT2D eigenvalue weighted by Crippen LogP contribution is 2.21. The molecule has 0 radical (unpaired) electrons. The van der Waals surface area contributed by atoms with Gasteiger partial charge in [0, 0.05) is 25.1 Å². The van der Waals surface area contributed by atoms with E-state index in [1.165, 1.54) is 0 Å². The molecule has 1 aromatic heterocycles. The molecule has 3 heterocycles. The van der Waals surface area contributed by atoms with Crippen LogP contribution in [0.5, 0.6) is 5.88 Å². The summed E-state index contributed by atoms with van der Waals surface area (Å²) in [6.45, 7) is 7.43. The van der Waals surface area contributed by atoms with E-state index in [0.29, 0.717) is 12.6 Å². The van der Waals surface area contributed by atoms with Crippen LogP contribution >= 0.6 is 0 Å². The second kappa shape index (κ2) is 6.05. The number of carbonyl (C=O) groups excluding carboxylic acids is 1. The maximum Gasteiger partial charge on any atom is 0.237 e. The number of likely N-dealkylation sites (tertiary alicyclic amines) is 1. The van der Waals surface area contributed by atoms with Crippen LogP contribution in [0.15, 0.2) is 6.07 Å². The molecule has 0 bridgehead atoms. The molecule has 1 aromatic rings. The number of fused-ring (bicyclic) bond motifs is 1. The van der Waals surface area contributed by atoms with Crippen LogP contribution in [0, 0.1) is 0 Å². The minimum absolute atomic E-state index is 0.0125. The minimum Gasteiger partial charge on any atom is -0.478 e. The quantitative estimate of drug-likeness (QED) is 0.904. The van der Waals surface area contributed by atoms with E-state index in [9.17, 15) is 4.79 Å². The third-order valence-corrected chi connectivity index (χ3v) is 4.26. The zero-order valence-electron chi connectivity index (χ0n) is 12.8. The molecule has 6 heteroatoms. The Balaban J connectivity index is 1.57. The molecule has 0 aromatic carbocycles. The summed E-state index contributed by atoms with van der Waals surface area (Å²) >= 11 is 0. The maximum atomic E-state index is 12.4. The normalized spacial score (nSPS) is 22.1. The number of nitrogens with one attached hydrogen (secondary N) is 1. The summed E-state index contributed by atoms with van der Waals surface area (Å²) in [5, 5.41) is 7.49. The molecule has 3 rings (SSSR count). The number of aromatic nitrogens is 2. The smallest absolute Gasteiger partial charge is 0.237 e. The number of amides is 1. The number of ether oxygens (including phenoxy) is 1. The van der Waals surface area contributed by atoms with Crippen LogP contribution in [0.1, 0.15) is 38.8 Å². The molecule has 2 aliphatic heterocycles. The fourth-order valence-corrected chi connectivity index (χ4v) is 3.19. The first-order valence-electron chi connectivity index (χ1n) is 7.88. The zero-order chi connectivity index (χ0) is 14.8. The van der Waals surface area contributed by atoms with E-state index in [4.69, 9.17) is 4.74 Å². The van der Waals surface area contributed by atoms with Gasteiger partial charge in [-0.25, -0.2) is 4.68 Å². The maximum absolute atomic E-state index is 12.4. The van der Waals surface area contributed by atoms with Gasteiger partial charge in [0.25, 0.3) is 0 Å². The van der Waals surface area contributed by atoms with E-state index in [0.717, 1.165) is 50.5 Å². The van der Waals surface area contributed by atoms with Gasteiger partial charge in [-0.1, -0.05) is 0 Å². The Hall–Kier alpha value is -1.56. The van der Waals surface area contributed by atoms with Crippen LogP contribution in [-0.2, 0) is 17.9 Å². The van der Waals surface area contributed by atoms with Crippen molar-refractivity contribution in [3.63, 3.8) is 0 Å². The molecule has 1 N–H and O–H groups in total. The van der Waals surface area contributed by atoms with Gasteiger partial charge in [-0.3, -0.25) is 9.69 Å². The summed E-state index contributed by atoms with van der Waals surface area (Å²) < 4.78 is 7.41. The molecule has 1 amide bonds. The highest BCUT2D eigenvalue weighted by Gasteiger charge is 2.32. The topological polar surface area (TPSA) is 59.4 Å². The van der Waals surface area contributed by atoms with Gasteiger partial charge in [0.2, 0.25) is 11.8 Å². The fraction of sp³-hybridized carbons (Fsp3) is 0.733. The number of rotatable bonds is 4. The van der Waals surface area contributed by atoms with Gasteiger partial charge in [-0.15, -0.1) is 0 Å². The number of hydrogen-bond donors (Lipinski definition) is 1. The molecule has 6 nitrogen and oxygen atoms in total. The average molecular weight is 292 g/mol. The summed E-state index contributed by atoms with van der Waals surface area (Å²) in [7, 11) is 0. The Morgan fingerprint density at radius 3 is 3.10 bits per heavy atom. The predicted molar refractivity (Wildman–Crippen MR) is 79.0 cm³/mol. The summed E-state index contributed by atoms with van der Waals surface area (Å²) in [6.07, 6.45) is 3.04. The van der Waals surface area contributed by atoms with Crippen LogP contribution in [0.3, 0.4) is 0 Å². The van der Waals surface area contributed by atoms with Crippen LogP contribution in [0.25, 0.3) is 0 Å². The first-order chi connectivity index (χ1) is 10.1. The number of hydrogen-bond acceptors (Lipinski definition) is 4. The summed E-state index contributed by atoms with van der Waals surface area (Å²) in [6, 6.07) is 2.35. The van der Waals surface area contributed by atoms with Crippen molar-refractivity contribution in [3.05, 3.63) is 11.8 Å². The third-order valence-electron chi connectivity index (χ3n) is 4.26. The number of aryl methyl sites for hydroxylation is 1. The lowest BCUT2D eigenvalue weighted by atomic mass is 10.2. The molecule has 2 aliphatic rings. The van der Waals surface area contributed by atoms with E-state index in [1.54, 1.807) is 0 Å². The first kappa shape index (κ1) is 14.4. The third kappa shape index (κ3) is 3.05. The van der Waals surface area contributed by atoms with E-state index >= 15 is 0 Å². The lowest BCUT2D eigenvalue weighted by Crippen LogP contribution is -2.45. The zero-order valence-corrected chi connectivity index (χ0v) is 12.8. The van der Waals surface area contributed by atoms with Gasteiger partial charge < -0.3 is 10.1 Å². The molecule has 21 heavy (non-hydrogen) atoms. The second-order valence-corrected chi connectivity index (χ2v) is 6.11. The largest absolute Gasteiger partial charge is 0.478 e. The lowest BCUT2D eigenvalue weighted by Gasteiger charge is -2.27. The molecule has 0 saturated carbocycles. The molecule has 1 fully saturated rings. The summed E-state index contributed by atoms with van der Waals surface area (Å²) in [4.78, 5) is 14.6. The molecular formula is C15H24N4O2. The Labute approximate surface area is 125 Å². The highest BCUT2D eigenvalue weighted by molar-refractivity contribution is 5.82. The molecule has 1 unspecified atom stereocenters. The van der Waals surface area contributed by atoms with Gasteiger partial charge >= 0.3 is 0 Å². The Bertz CT molecular complexity index is 488. The van der Waals surface area contributed by atoms with Crippen molar-refractivity contribution in [1.29, 1.82) is 0 Å². The monoisotopic (exact) mass is 292 g/mol. The average Bonchev–Trinajstić information content (AvgIpc) is 3.10. The highest BCUT2D eigenvalue weighted by atomic mass is 16.5. The van der Waals surface area contributed by atoms with Crippen LogP contribution < -0.4 is 10.1 Å². The second-order valence-electron chi connectivity index (χ2n) is 6.11. The van der Waals surface area contributed by atoms with Crippen molar-refractivity contribution in [1.82, 2.24) is 20.0 Å². The van der Waals surface area contributed by atoms with Crippen LogP contribution in [0.4, 0.5) is 0 Å². The minimum atomic E-state index is 0.0125. The van der Waals surface area contributed by atoms with Crippen molar-refractivity contribution in [2.24, 2.45) is 0 Å². The summed E-state index contributed by atoms with van der Waals surface area (Å²) in [5.74, 6) is 0.934. The fourth-order valence-electron chi connectivity index (χ4n) is 3.19. The molecule has 116 valence electrons. The van der Waals surface area contributed by atoms with Crippen molar-refractivity contribution in [3.8, 4) is 5.88 Å². The van der Waals surface area contributed by atoms with E-state index < -0.39 is 0 Å². The molecule has 0 spiro atoms. The molecular weight excluding hydrogens is 268 g/mol. The lowest BCUT2D eigenvalue weighted by molar-refractivity contribution is -0.126. The standard InChI is InChI=1S/C15H24N4O2/c1-11(2)18-6-3-5-13(18)15(20)16-10-12-9-14-19(17-12)7-4-8-21-14/h9,11,13H,3-8,10H2,1-2H3,(H,16,20). The van der Waals surface area contributed by atoms with Crippen LogP contribution in [0.2, 0.25) is 0 Å². The van der Waals surface area contributed by atoms with Gasteiger partial charge in [-0.05, 0) is 33.2 Å². The van der Waals surface area contributed by atoms with E-state index in [-0.39, 0.29) is 11.9 Å². The first-order valence-corrected chi connectivity index (χ1v) is 7.88. The van der Waals surface area contributed by atoms with Gasteiger partial charge in [0.05, 0.1) is 24.9 Å². The molecule has 1 atom stereocenters. The van der Waals surface area contributed by atoms with Gasteiger partial charge in [0.15, 0.2) is 0 Å². The van der Waals surface area contributed by atoms with Gasteiger partial charge in [0.1, 0.15) is 0 Å². The Kier molecular flexibility index (Phi) is 4.14. The molecule has 1 saturated heterocycles. The van der Waals surface area contributed by atoms with E-state index in [2.05, 4.69) is 29.2 Å². The van der Waals surface area contributed by atoms with Crippen LogP contribution in [-0.4, -0.2) is 45.8 Å². The number of carbonyl (C=O) groups is 1. The predicted octanol–water partition coefficient (Wildman–Crippen LogP) is 1.15. The molecule has 0 aliphatic carbocycles. The van der Waals surface area contributed by atoms with Crippen molar-refractivity contribution in [2.75, 3.05) is 13.2 Å². The van der Waals surface area contributed by atoms with Crippen molar-refractivity contribution in [2.45, 2.75) is 58.3 Å². The van der Waals surface area contributed by atoms with Crippen molar-refractivity contribution < 1.29 is 9.53 Å². The Morgan fingerprint density at radius 2 is 2.33 bits per heavy atom. The SMILES string of the molecule is CC(C)N1CCCC1C(=O)NCc1cc2n(n1)CCCO2. The van der Waals surface area contributed by atoms with Crippen molar-refractivity contribution >= 4 is 5.91 Å².